The van der Waals surface area contributed by atoms with E-state index in [-0.39, 0.29) is 17.4 Å². The van der Waals surface area contributed by atoms with Gasteiger partial charge >= 0.3 is 0 Å². The van der Waals surface area contributed by atoms with Crippen LogP contribution in [0.2, 0.25) is 0 Å². The summed E-state index contributed by atoms with van der Waals surface area (Å²) in [6.45, 7) is -0.303. The maximum Gasteiger partial charge on any atom is 0.264 e. The number of rotatable bonds is 7. The third kappa shape index (κ3) is 5.48. The van der Waals surface area contributed by atoms with Gasteiger partial charge in [-0.15, -0.1) is 0 Å². The van der Waals surface area contributed by atoms with Gasteiger partial charge in [0, 0.05) is 29.7 Å². The van der Waals surface area contributed by atoms with Crippen molar-refractivity contribution in [3.05, 3.63) is 95.6 Å². The highest BCUT2D eigenvalue weighted by molar-refractivity contribution is 7.92. The zero-order valence-corrected chi connectivity index (χ0v) is 18.2. The summed E-state index contributed by atoms with van der Waals surface area (Å²) in [6, 6.07) is 13.8. The summed E-state index contributed by atoms with van der Waals surface area (Å²) < 4.78 is 41.3. The first-order chi connectivity index (χ1) is 16.3. The molecule has 0 atom stereocenters. The summed E-state index contributed by atoms with van der Waals surface area (Å²) in [4.78, 5) is 36.4. The average molecular weight is 480 g/mol. The predicted octanol–water partition coefficient (Wildman–Crippen LogP) is 2.28. The van der Waals surface area contributed by atoms with Crippen molar-refractivity contribution in [2.75, 3.05) is 10.0 Å². The molecule has 4 rings (SSSR count). The Labute approximate surface area is 193 Å². The van der Waals surface area contributed by atoms with Gasteiger partial charge in [0.05, 0.1) is 16.9 Å². The van der Waals surface area contributed by atoms with E-state index in [1.807, 2.05) is 0 Å². The van der Waals surface area contributed by atoms with Gasteiger partial charge in [0.2, 0.25) is 11.9 Å². The smallest absolute Gasteiger partial charge is 0.264 e. The quantitative estimate of drug-likeness (QED) is 0.414. The minimum atomic E-state index is -3.90. The summed E-state index contributed by atoms with van der Waals surface area (Å²) in [5.41, 5.74) is 0.801. The van der Waals surface area contributed by atoms with Crippen LogP contribution >= 0.6 is 0 Å². The number of amides is 1. The van der Waals surface area contributed by atoms with Gasteiger partial charge in [-0.3, -0.25) is 14.2 Å². The highest BCUT2D eigenvalue weighted by atomic mass is 32.2. The molecule has 2 aromatic heterocycles. The van der Waals surface area contributed by atoms with E-state index in [1.54, 1.807) is 6.07 Å². The van der Waals surface area contributed by atoms with Crippen LogP contribution in [0.25, 0.3) is 11.3 Å². The van der Waals surface area contributed by atoms with Crippen LogP contribution in [0.4, 0.5) is 16.0 Å². The summed E-state index contributed by atoms with van der Waals surface area (Å²) in [7, 11) is -3.90. The van der Waals surface area contributed by atoms with Gasteiger partial charge < -0.3 is 5.32 Å². The molecule has 1 amide bonds. The molecule has 0 aliphatic carbocycles. The summed E-state index contributed by atoms with van der Waals surface area (Å²) >= 11 is 0. The van der Waals surface area contributed by atoms with E-state index in [1.165, 1.54) is 73.3 Å². The SMILES string of the molecule is O=C(Cn1cnc(-c2ccc(F)cc2)cc1=O)Nc1ccc(S(=O)(=O)Nc2ncccn2)cc1. The second-order valence-corrected chi connectivity index (χ2v) is 8.68. The molecule has 2 N–H and O–H groups in total. The fourth-order valence-corrected chi connectivity index (χ4v) is 3.88. The van der Waals surface area contributed by atoms with Crippen molar-refractivity contribution < 1.29 is 17.6 Å². The lowest BCUT2D eigenvalue weighted by Crippen LogP contribution is -2.27. The normalized spacial score (nSPS) is 11.1. The predicted molar refractivity (Wildman–Crippen MR) is 122 cm³/mol. The van der Waals surface area contributed by atoms with Gasteiger partial charge in [0.25, 0.3) is 15.6 Å². The lowest BCUT2D eigenvalue weighted by molar-refractivity contribution is -0.116. The van der Waals surface area contributed by atoms with Gasteiger partial charge in [0.1, 0.15) is 12.4 Å². The van der Waals surface area contributed by atoms with E-state index in [0.717, 1.165) is 4.57 Å². The zero-order valence-electron chi connectivity index (χ0n) is 17.4. The third-order valence-electron chi connectivity index (χ3n) is 4.57. The molecule has 34 heavy (non-hydrogen) atoms. The molecule has 0 saturated carbocycles. The molecule has 172 valence electrons. The van der Waals surface area contributed by atoms with Crippen molar-refractivity contribution >= 4 is 27.6 Å². The fraction of sp³-hybridized carbons (Fsp3) is 0.0455. The maximum atomic E-state index is 13.1. The van der Waals surface area contributed by atoms with Crippen LogP contribution in [-0.4, -0.2) is 33.8 Å². The molecule has 0 spiro atoms. The molecule has 0 aliphatic rings. The van der Waals surface area contributed by atoms with Crippen molar-refractivity contribution in [1.29, 1.82) is 0 Å². The molecule has 10 nitrogen and oxygen atoms in total. The molecule has 0 radical (unpaired) electrons. The van der Waals surface area contributed by atoms with Crippen LogP contribution in [0.5, 0.6) is 0 Å². The molecule has 0 aliphatic heterocycles. The van der Waals surface area contributed by atoms with Crippen molar-refractivity contribution in [2.45, 2.75) is 11.4 Å². The van der Waals surface area contributed by atoms with E-state index in [2.05, 4.69) is 25.0 Å². The standard InChI is InChI=1S/C22H17FN6O4S/c23-16-4-2-15(3-5-16)19-12-21(31)29(14-26-19)13-20(30)27-17-6-8-18(9-7-17)34(32,33)28-22-24-10-1-11-25-22/h1-12,14H,13H2,(H,27,30)(H,24,25,28). The monoisotopic (exact) mass is 480 g/mol. The minimum Gasteiger partial charge on any atom is -0.325 e. The zero-order chi connectivity index (χ0) is 24.1. The average Bonchev–Trinajstić information content (AvgIpc) is 2.82. The van der Waals surface area contributed by atoms with E-state index >= 15 is 0 Å². The third-order valence-corrected chi connectivity index (χ3v) is 5.92. The number of carbonyl (C=O) groups excluding carboxylic acids is 1. The Hall–Kier alpha value is -4.45. The number of carbonyl (C=O) groups is 1. The van der Waals surface area contributed by atoms with E-state index in [4.69, 9.17) is 0 Å². The Bertz CT molecular complexity index is 1470. The van der Waals surface area contributed by atoms with E-state index < -0.39 is 27.3 Å². The van der Waals surface area contributed by atoms with Crippen LogP contribution < -0.4 is 15.6 Å². The Balaban J connectivity index is 1.40. The van der Waals surface area contributed by atoms with Crippen molar-refractivity contribution in [1.82, 2.24) is 19.5 Å². The molecule has 4 aromatic rings. The van der Waals surface area contributed by atoms with Crippen molar-refractivity contribution in [2.24, 2.45) is 0 Å². The van der Waals surface area contributed by atoms with Gasteiger partial charge in [-0.25, -0.2) is 32.5 Å². The number of hydrogen-bond donors (Lipinski definition) is 2. The number of aromatic nitrogens is 4. The molecule has 0 unspecified atom stereocenters. The number of sulfonamides is 1. The number of nitrogens with one attached hydrogen (secondary N) is 2. The topological polar surface area (TPSA) is 136 Å². The summed E-state index contributed by atoms with van der Waals surface area (Å²) in [6.07, 6.45) is 4.04. The van der Waals surface area contributed by atoms with Crippen molar-refractivity contribution in [3.8, 4) is 11.3 Å². The second kappa shape index (κ2) is 9.58. The molecule has 0 bridgehead atoms. The Kier molecular flexibility index (Phi) is 6.41. The van der Waals surface area contributed by atoms with Gasteiger partial charge in [0.15, 0.2) is 0 Å². The van der Waals surface area contributed by atoms with E-state index in [9.17, 15) is 22.4 Å². The summed E-state index contributed by atoms with van der Waals surface area (Å²) in [5.74, 6) is -0.977. The van der Waals surface area contributed by atoms with Crippen LogP contribution in [0.3, 0.4) is 0 Å². The highest BCUT2D eigenvalue weighted by Gasteiger charge is 2.16. The second-order valence-electron chi connectivity index (χ2n) is 7.00. The number of nitrogens with zero attached hydrogens (tertiary/aromatic N) is 4. The lowest BCUT2D eigenvalue weighted by Gasteiger charge is -2.09. The lowest BCUT2D eigenvalue weighted by atomic mass is 10.1. The fourth-order valence-electron chi connectivity index (χ4n) is 2.93. The first-order valence-electron chi connectivity index (χ1n) is 9.82. The number of anilines is 2. The molecule has 2 aromatic carbocycles. The Morgan fingerprint density at radius 2 is 1.65 bits per heavy atom. The van der Waals surface area contributed by atoms with Gasteiger partial charge in [-0.2, -0.15) is 0 Å². The molecule has 12 heteroatoms. The molecular formula is C22H17FN6O4S. The Morgan fingerprint density at radius 1 is 0.971 bits per heavy atom. The molecule has 2 heterocycles. The van der Waals surface area contributed by atoms with Crippen molar-refractivity contribution in [3.63, 3.8) is 0 Å². The minimum absolute atomic E-state index is 0.0465. The number of halogens is 1. The van der Waals surface area contributed by atoms with Gasteiger partial charge in [-0.1, -0.05) is 0 Å². The number of hydrogen-bond acceptors (Lipinski definition) is 7. The van der Waals surface area contributed by atoms with Crippen LogP contribution in [0, 0.1) is 5.82 Å². The largest absolute Gasteiger partial charge is 0.325 e. The van der Waals surface area contributed by atoms with E-state index in [0.29, 0.717) is 16.9 Å². The molecular weight excluding hydrogens is 463 g/mol. The maximum absolute atomic E-state index is 13.1. The van der Waals surface area contributed by atoms with Crippen LogP contribution in [0.15, 0.2) is 89.1 Å². The van der Waals surface area contributed by atoms with Crippen LogP contribution in [-0.2, 0) is 21.4 Å². The number of benzene rings is 2. The molecule has 0 fully saturated rings. The van der Waals surface area contributed by atoms with Gasteiger partial charge in [-0.05, 0) is 54.6 Å². The summed E-state index contributed by atoms with van der Waals surface area (Å²) in [5, 5.41) is 2.59. The highest BCUT2D eigenvalue weighted by Crippen LogP contribution is 2.17. The Morgan fingerprint density at radius 3 is 2.29 bits per heavy atom. The van der Waals surface area contributed by atoms with Crippen LogP contribution in [0.1, 0.15) is 0 Å². The molecule has 0 saturated heterocycles. The first-order valence-corrected chi connectivity index (χ1v) is 11.3. The first kappa shape index (κ1) is 22.7.